The molecule has 1 aromatic rings. The molecule has 17 heavy (non-hydrogen) atoms. The molecule has 2 nitrogen and oxygen atoms in total. The topological polar surface area (TPSA) is 20.3 Å². The Kier molecular flexibility index (Phi) is 4.33. The van der Waals surface area contributed by atoms with Gasteiger partial charge in [-0.15, -0.1) is 0 Å². The maximum absolute atomic E-state index is 12.4. The van der Waals surface area contributed by atoms with Gasteiger partial charge in [-0.3, -0.25) is 4.79 Å². The highest BCUT2D eigenvalue weighted by atomic mass is 16.2. The number of amides is 1. The molecule has 0 aromatic heterocycles. The van der Waals surface area contributed by atoms with Crippen LogP contribution in [0.5, 0.6) is 0 Å². The molecule has 0 aliphatic carbocycles. The van der Waals surface area contributed by atoms with Gasteiger partial charge in [-0.2, -0.15) is 0 Å². The third-order valence-electron chi connectivity index (χ3n) is 3.02. The van der Waals surface area contributed by atoms with E-state index in [1.54, 1.807) is 0 Å². The Morgan fingerprint density at radius 2 is 1.65 bits per heavy atom. The Bertz CT molecular complexity index is 386. The van der Waals surface area contributed by atoms with Crippen molar-refractivity contribution in [2.24, 2.45) is 0 Å². The first-order valence-electron chi connectivity index (χ1n) is 6.30. The van der Waals surface area contributed by atoms with E-state index >= 15 is 0 Å². The van der Waals surface area contributed by atoms with Crippen LogP contribution in [0.2, 0.25) is 0 Å². The quantitative estimate of drug-likeness (QED) is 0.783. The summed E-state index contributed by atoms with van der Waals surface area (Å²) in [5.74, 6) is 0.139. The van der Waals surface area contributed by atoms with Crippen LogP contribution in [0.25, 0.3) is 0 Å². The lowest BCUT2D eigenvalue weighted by Crippen LogP contribution is -2.32. The van der Waals surface area contributed by atoms with Crippen molar-refractivity contribution >= 4 is 5.91 Å². The number of nitrogens with zero attached hydrogens (tertiary/aromatic N) is 1. The first kappa shape index (κ1) is 13.8. The van der Waals surface area contributed by atoms with Crippen LogP contribution in [0.1, 0.15) is 50.5 Å². The molecule has 0 unspecified atom stereocenters. The predicted molar refractivity (Wildman–Crippen MR) is 72.4 cm³/mol. The van der Waals surface area contributed by atoms with Crippen molar-refractivity contribution in [3.05, 3.63) is 35.4 Å². The number of rotatable bonds is 3. The Balaban J connectivity index is 3.18. The maximum atomic E-state index is 12.4. The Morgan fingerprint density at radius 1 is 1.12 bits per heavy atom. The first-order chi connectivity index (χ1) is 7.91. The van der Waals surface area contributed by atoms with Crippen molar-refractivity contribution in [2.45, 2.75) is 40.0 Å². The minimum atomic E-state index is -0.000589. The Hall–Kier alpha value is -1.31. The van der Waals surface area contributed by atoms with Gasteiger partial charge in [0, 0.05) is 18.7 Å². The normalized spacial score (nSPS) is 11.4. The van der Waals surface area contributed by atoms with Gasteiger partial charge in [-0.1, -0.05) is 39.0 Å². The van der Waals surface area contributed by atoms with Crippen molar-refractivity contribution in [3.63, 3.8) is 0 Å². The SMILES string of the molecule is CCN(CC)C(=O)c1ccccc1C(C)(C)C. The summed E-state index contributed by atoms with van der Waals surface area (Å²) in [4.78, 5) is 14.3. The van der Waals surface area contributed by atoms with E-state index in [1.165, 1.54) is 0 Å². The molecule has 1 amide bonds. The number of hydrogen-bond acceptors (Lipinski definition) is 1. The van der Waals surface area contributed by atoms with E-state index in [0.717, 1.165) is 24.2 Å². The van der Waals surface area contributed by atoms with Gasteiger partial charge in [0.05, 0.1) is 0 Å². The highest BCUT2D eigenvalue weighted by Gasteiger charge is 2.23. The smallest absolute Gasteiger partial charge is 0.254 e. The van der Waals surface area contributed by atoms with E-state index in [1.807, 2.05) is 36.9 Å². The van der Waals surface area contributed by atoms with Gasteiger partial charge in [0.1, 0.15) is 0 Å². The van der Waals surface area contributed by atoms with Crippen molar-refractivity contribution in [1.82, 2.24) is 4.90 Å². The van der Waals surface area contributed by atoms with E-state index in [2.05, 4.69) is 26.8 Å². The zero-order chi connectivity index (χ0) is 13.1. The van der Waals surface area contributed by atoms with Crippen LogP contribution in [0, 0.1) is 0 Å². The zero-order valence-electron chi connectivity index (χ0n) is 11.6. The molecule has 0 bridgehead atoms. The summed E-state index contributed by atoms with van der Waals surface area (Å²) in [5.41, 5.74) is 1.96. The molecule has 0 spiro atoms. The fourth-order valence-corrected chi connectivity index (χ4v) is 2.00. The highest BCUT2D eigenvalue weighted by molar-refractivity contribution is 5.96. The minimum Gasteiger partial charge on any atom is -0.339 e. The lowest BCUT2D eigenvalue weighted by Gasteiger charge is -2.25. The summed E-state index contributed by atoms with van der Waals surface area (Å²) >= 11 is 0. The summed E-state index contributed by atoms with van der Waals surface area (Å²) in [6, 6.07) is 7.92. The summed E-state index contributed by atoms with van der Waals surface area (Å²) in [5, 5.41) is 0. The number of hydrogen-bond donors (Lipinski definition) is 0. The van der Waals surface area contributed by atoms with E-state index in [9.17, 15) is 4.79 Å². The second-order valence-electron chi connectivity index (χ2n) is 5.27. The largest absolute Gasteiger partial charge is 0.339 e. The van der Waals surface area contributed by atoms with Crippen LogP contribution in [0.3, 0.4) is 0 Å². The maximum Gasteiger partial charge on any atom is 0.254 e. The van der Waals surface area contributed by atoms with Gasteiger partial charge in [0.15, 0.2) is 0 Å². The molecular weight excluding hydrogens is 210 g/mol. The molecule has 0 N–H and O–H groups in total. The van der Waals surface area contributed by atoms with Crippen molar-refractivity contribution in [1.29, 1.82) is 0 Å². The van der Waals surface area contributed by atoms with Crippen LogP contribution in [-0.2, 0) is 5.41 Å². The molecule has 0 saturated heterocycles. The second-order valence-corrected chi connectivity index (χ2v) is 5.27. The van der Waals surface area contributed by atoms with Gasteiger partial charge in [0.2, 0.25) is 0 Å². The highest BCUT2D eigenvalue weighted by Crippen LogP contribution is 2.26. The summed E-state index contributed by atoms with van der Waals surface area (Å²) in [6.45, 7) is 12.0. The average molecular weight is 233 g/mol. The standard InChI is InChI=1S/C15H23NO/c1-6-16(7-2)14(17)12-10-8-9-11-13(12)15(3,4)5/h8-11H,6-7H2,1-5H3. The molecule has 0 aliphatic heterocycles. The van der Waals surface area contributed by atoms with Crippen LogP contribution in [-0.4, -0.2) is 23.9 Å². The number of benzene rings is 1. The summed E-state index contributed by atoms with van der Waals surface area (Å²) < 4.78 is 0. The van der Waals surface area contributed by atoms with E-state index in [0.29, 0.717) is 0 Å². The predicted octanol–water partition coefficient (Wildman–Crippen LogP) is 3.47. The molecule has 94 valence electrons. The summed E-state index contributed by atoms with van der Waals surface area (Å²) in [6.07, 6.45) is 0. The summed E-state index contributed by atoms with van der Waals surface area (Å²) in [7, 11) is 0. The monoisotopic (exact) mass is 233 g/mol. The van der Waals surface area contributed by atoms with Gasteiger partial charge in [-0.25, -0.2) is 0 Å². The molecule has 0 radical (unpaired) electrons. The molecule has 0 heterocycles. The van der Waals surface area contributed by atoms with E-state index < -0.39 is 0 Å². The average Bonchev–Trinajstić information content (AvgIpc) is 2.29. The number of carbonyl (C=O) groups is 1. The molecule has 0 fully saturated rings. The molecular formula is C15H23NO. The third kappa shape index (κ3) is 3.09. The lowest BCUT2D eigenvalue weighted by molar-refractivity contribution is 0.0770. The molecule has 0 saturated carbocycles. The van der Waals surface area contributed by atoms with Crippen molar-refractivity contribution in [2.75, 3.05) is 13.1 Å². The van der Waals surface area contributed by atoms with Gasteiger partial charge in [0.25, 0.3) is 5.91 Å². The second kappa shape index (κ2) is 5.35. The third-order valence-corrected chi connectivity index (χ3v) is 3.02. The van der Waals surface area contributed by atoms with Crippen molar-refractivity contribution in [3.8, 4) is 0 Å². The molecule has 1 aromatic carbocycles. The first-order valence-corrected chi connectivity index (χ1v) is 6.30. The van der Waals surface area contributed by atoms with Crippen LogP contribution >= 0.6 is 0 Å². The minimum absolute atomic E-state index is 0.000589. The Labute approximate surface area is 105 Å². The fourth-order valence-electron chi connectivity index (χ4n) is 2.00. The molecule has 0 aliphatic rings. The van der Waals surface area contributed by atoms with Gasteiger partial charge < -0.3 is 4.90 Å². The van der Waals surface area contributed by atoms with Gasteiger partial charge in [-0.05, 0) is 30.9 Å². The van der Waals surface area contributed by atoms with Crippen molar-refractivity contribution < 1.29 is 4.79 Å². The van der Waals surface area contributed by atoms with E-state index in [4.69, 9.17) is 0 Å². The van der Waals surface area contributed by atoms with Crippen LogP contribution in [0.15, 0.2) is 24.3 Å². The Morgan fingerprint density at radius 3 is 2.12 bits per heavy atom. The lowest BCUT2D eigenvalue weighted by atomic mass is 9.83. The van der Waals surface area contributed by atoms with Gasteiger partial charge >= 0.3 is 0 Å². The van der Waals surface area contributed by atoms with Crippen LogP contribution < -0.4 is 0 Å². The fraction of sp³-hybridized carbons (Fsp3) is 0.533. The molecule has 1 rings (SSSR count). The molecule has 2 heteroatoms. The van der Waals surface area contributed by atoms with Crippen LogP contribution in [0.4, 0.5) is 0 Å². The number of carbonyl (C=O) groups excluding carboxylic acids is 1. The zero-order valence-corrected chi connectivity index (χ0v) is 11.6. The molecule has 0 atom stereocenters. The van der Waals surface area contributed by atoms with E-state index in [-0.39, 0.29) is 11.3 Å².